The minimum Gasteiger partial charge on any atom is -0.448 e. The van der Waals surface area contributed by atoms with Crippen molar-refractivity contribution in [1.29, 1.82) is 0 Å². The Morgan fingerprint density at radius 1 is 1.27 bits per heavy atom. The van der Waals surface area contributed by atoms with Crippen LogP contribution in [0.3, 0.4) is 0 Å². The normalized spacial score (nSPS) is 27.2. The van der Waals surface area contributed by atoms with Crippen molar-refractivity contribution in [1.82, 2.24) is 4.98 Å². The summed E-state index contributed by atoms with van der Waals surface area (Å²) in [5.41, 5.74) is 1.01. The standard InChI is InChI=1S/C13H21NO/c1-9(2)11-4-6-12(7-5-11)13-14-10(3)8-15-13/h8-9,11-12H,4-7H2,1-3H3. The van der Waals surface area contributed by atoms with E-state index in [2.05, 4.69) is 18.8 Å². The van der Waals surface area contributed by atoms with Gasteiger partial charge in [0.25, 0.3) is 0 Å². The average Bonchev–Trinajstić information content (AvgIpc) is 2.65. The number of aromatic nitrogens is 1. The first-order chi connectivity index (χ1) is 7.16. The Bertz CT molecular complexity index is 308. The lowest BCUT2D eigenvalue weighted by Crippen LogP contribution is -2.17. The first kappa shape index (κ1) is 10.7. The van der Waals surface area contributed by atoms with Gasteiger partial charge in [0.15, 0.2) is 5.89 Å². The summed E-state index contributed by atoms with van der Waals surface area (Å²) in [6, 6.07) is 0. The summed E-state index contributed by atoms with van der Waals surface area (Å²) in [5.74, 6) is 3.29. The van der Waals surface area contributed by atoms with E-state index in [1.165, 1.54) is 25.7 Å². The van der Waals surface area contributed by atoms with E-state index in [1.807, 2.05) is 6.92 Å². The predicted octanol–water partition coefficient (Wildman–Crippen LogP) is 3.91. The summed E-state index contributed by atoms with van der Waals surface area (Å²) in [6.45, 7) is 6.66. The highest BCUT2D eigenvalue weighted by atomic mass is 16.3. The van der Waals surface area contributed by atoms with Crippen LogP contribution < -0.4 is 0 Å². The van der Waals surface area contributed by atoms with Crippen LogP contribution in [0.2, 0.25) is 0 Å². The molecule has 0 radical (unpaired) electrons. The van der Waals surface area contributed by atoms with Gasteiger partial charge < -0.3 is 4.42 Å². The van der Waals surface area contributed by atoms with Crippen LogP contribution in [-0.2, 0) is 0 Å². The monoisotopic (exact) mass is 207 g/mol. The molecule has 2 nitrogen and oxygen atoms in total. The molecule has 0 aromatic carbocycles. The van der Waals surface area contributed by atoms with E-state index in [9.17, 15) is 0 Å². The van der Waals surface area contributed by atoms with Crippen LogP contribution in [0.4, 0.5) is 0 Å². The Labute approximate surface area is 92.1 Å². The maximum atomic E-state index is 5.49. The largest absolute Gasteiger partial charge is 0.448 e. The van der Waals surface area contributed by atoms with E-state index >= 15 is 0 Å². The van der Waals surface area contributed by atoms with E-state index in [-0.39, 0.29) is 0 Å². The molecule has 0 spiro atoms. The van der Waals surface area contributed by atoms with Crippen LogP contribution in [0.15, 0.2) is 10.7 Å². The third kappa shape index (κ3) is 2.42. The molecule has 1 aromatic rings. The minimum atomic E-state index is 0.577. The van der Waals surface area contributed by atoms with Crippen molar-refractivity contribution in [2.75, 3.05) is 0 Å². The molecule has 1 aliphatic carbocycles. The molecule has 1 heterocycles. The molecule has 0 N–H and O–H groups in total. The van der Waals surface area contributed by atoms with Gasteiger partial charge in [-0.05, 0) is 44.4 Å². The maximum Gasteiger partial charge on any atom is 0.197 e. The number of hydrogen-bond donors (Lipinski definition) is 0. The van der Waals surface area contributed by atoms with Crippen LogP contribution in [0.5, 0.6) is 0 Å². The lowest BCUT2D eigenvalue weighted by atomic mass is 9.77. The molecule has 84 valence electrons. The van der Waals surface area contributed by atoms with Crippen LogP contribution in [0.1, 0.15) is 57.0 Å². The maximum absolute atomic E-state index is 5.49. The molecule has 0 atom stereocenters. The summed E-state index contributed by atoms with van der Waals surface area (Å²) >= 11 is 0. The lowest BCUT2D eigenvalue weighted by Gasteiger charge is -2.29. The molecule has 0 saturated heterocycles. The molecule has 0 unspecified atom stereocenters. The molecule has 15 heavy (non-hydrogen) atoms. The topological polar surface area (TPSA) is 26.0 Å². The van der Waals surface area contributed by atoms with Gasteiger partial charge in [0, 0.05) is 5.92 Å². The summed E-state index contributed by atoms with van der Waals surface area (Å²) in [6.07, 6.45) is 6.95. The molecule has 1 fully saturated rings. The van der Waals surface area contributed by atoms with Crippen LogP contribution in [0.25, 0.3) is 0 Å². The molecule has 2 rings (SSSR count). The fraction of sp³-hybridized carbons (Fsp3) is 0.769. The molecule has 0 amide bonds. The fourth-order valence-corrected chi connectivity index (χ4v) is 2.59. The lowest BCUT2D eigenvalue weighted by molar-refractivity contribution is 0.241. The van der Waals surface area contributed by atoms with Crippen molar-refractivity contribution in [2.24, 2.45) is 11.8 Å². The van der Waals surface area contributed by atoms with Crippen LogP contribution >= 0.6 is 0 Å². The highest BCUT2D eigenvalue weighted by molar-refractivity contribution is 5.00. The first-order valence-electron chi connectivity index (χ1n) is 6.09. The number of rotatable bonds is 2. The Morgan fingerprint density at radius 3 is 2.40 bits per heavy atom. The van der Waals surface area contributed by atoms with Gasteiger partial charge >= 0.3 is 0 Å². The molecular weight excluding hydrogens is 186 g/mol. The van der Waals surface area contributed by atoms with Crippen molar-refractivity contribution in [3.05, 3.63) is 17.8 Å². The Hall–Kier alpha value is -0.790. The highest BCUT2D eigenvalue weighted by Gasteiger charge is 2.26. The van der Waals surface area contributed by atoms with E-state index in [1.54, 1.807) is 6.26 Å². The van der Waals surface area contributed by atoms with E-state index < -0.39 is 0 Å². The zero-order valence-electron chi connectivity index (χ0n) is 9.99. The van der Waals surface area contributed by atoms with Gasteiger partial charge in [-0.1, -0.05) is 13.8 Å². The number of nitrogens with zero attached hydrogens (tertiary/aromatic N) is 1. The molecule has 1 aliphatic rings. The van der Waals surface area contributed by atoms with Crippen molar-refractivity contribution in [2.45, 2.75) is 52.4 Å². The van der Waals surface area contributed by atoms with Gasteiger partial charge in [0.2, 0.25) is 0 Å². The van der Waals surface area contributed by atoms with Gasteiger partial charge in [-0.2, -0.15) is 0 Å². The van der Waals surface area contributed by atoms with Crippen molar-refractivity contribution < 1.29 is 4.42 Å². The van der Waals surface area contributed by atoms with Gasteiger partial charge in [0.1, 0.15) is 6.26 Å². The fourth-order valence-electron chi connectivity index (χ4n) is 2.59. The quantitative estimate of drug-likeness (QED) is 0.734. The molecule has 1 saturated carbocycles. The second-order valence-corrected chi connectivity index (χ2v) is 5.18. The Balaban J connectivity index is 1.93. The van der Waals surface area contributed by atoms with Gasteiger partial charge in [-0.25, -0.2) is 4.98 Å². The van der Waals surface area contributed by atoms with E-state index in [0.717, 1.165) is 23.4 Å². The van der Waals surface area contributed by atoms with Gasteiger partial charge in [-0.3, -0.25) is 0 Å². The molecule has 1 aromatic heterocycles. The van der Waals surface area contributed by atoms with E-state index in [4.69, 9.17) is 4.42 Å². The molecular formula is C13H21NO. The summed E-state index contributed by atoms with van der Waals surface area (Å²) in [4.78, 5) is 4.44. The Kier molecular flexibility index (Phi) is 3.13. The zero-order valence-corrected chi connectivity index (χ0v) is 9.99. The Morgan fingerprint density at radius 2 is 1.93 bits per heavy atom. The second-order valence-electron chi connectivity index (χ2n) is 5.18. The minimum absolute atomic E-state index is 0.577. The summed E-state index contributed by atoms with van der Waals surface area (Å²) in [5, 5.41) is 0. The average molecular weight is 207 g/mol. The predicted molar refractivity (Wildman–Crippen MR) is 60.8 cm³/mol. The molecule has 0 bridgehead atoms. The smallest absolute Gasteiger partial charge is 0.197 e. The van der Waals surface area contributed by atoms with Crippen molar-refractivity contribution >= 4 is 0 Å². The SMILES string of the molecule is Cc1coc(C2CCC(C(C)C)CC2)n1. The van der Waals surface area contributed by atoms with Crippen LogP contribution in [-0.4, -0.2) is 4.98 Å². The molecule has 0 aliphatic heterocycles. The third-order valence-corrected chi connectivity index (χ3v) is 3.70. The number of hydrogen-bond acceptors (Lipinski definition) is 2. The zero-order chi connectivity index (χ0) is 10.8. The third-order valence-electron chi connectivity index (χ3n) is 3.70. The summed E-state index contributed by atoms with van der Waals surface area (Å²) in [7, 11) is 0. The second kappa shape index (κ2) is 4.38. The number of oxazole rings is 1. The van der Waals surface area contributed by atoms with Gasteiger partial charge in [-0.15, -0.1) is 0 Å². The van der Waals surface area contributed by atoms with Gasteiger partial charge in [0.05, 0.1) is 5.69 Å². The van der Waals surface area contributed by atoms with Crippen LogP contribution in [0, 0.1) is 18.8 Å². The van der Waals surface area contributed by atoms with Crippen molar-refractivity contribution in [3.8, 4) is 0 Å². The highest BCUT2D eigenvalue weighted by Crippen LogP contribution is 2.38. The first-order valence-corrected chi connectivity index (χ1v) is 6.09. The molecule has 2 heteroatoms. The summed E-state index contributed by atoms with van der Waals surface area (Å²) < 4.78 is 5.49. The number of aryl methyl sites for hydroxylation is 1. The van der Waals surface area contributed by atoms with Crippen molar-refractivity contribution in [3.63, 3.8) is 0 Å². The van der Waals surface area contributed by atoms with E-state index in [0.29, 0.717) is 5.92 Å².